The maximum atomic E-state index is 6.50. The molecular formula is C106H110N8O2. The molecule has 0 amide bonds. The first kappa shape index (κ1) is 79.4. The molecule has 586 valence electrons. The van der Waals surface area contributed by atoms with E-state index in [9.17, 15) is 0 Å². The van der Waals surface area contributed by atoms with E-state index in [4.69, 9.17) is 19.4 Å². The zero-order valence-electron chi connectivity index (χ0n) is 70.9. The van der Waals surface area contributed by atoms with Crippen molar-refractivity contribution in [3.63, 3.8) is 0 Å². The maximum Gasteiger partial charge on any atom is 0.134 e. The summed E-state index contributed by atoms with van der Waals surface area (Å²) in [5, 5.41) is 20.2. The Hall–Kier alpha value is -11.9. The van der Waals surface area contributed by atoms with E-state index in [1.54, 1.807) is 0 Å². The molecule has 4 heterocycles. The standard InChI is InChI=1S/C106H110N8O2/c1-99(2,3)77-31-43-83(44-32-77)105(84-45-33-78(34-46-84)100(4,5)6,85-47-35-79(36-48-85)101(7,8)9)89-55-59-93(60-56-89)115-69-91-67-113(111-109-91)65-71-19-23-73(24-20-71)95-63-29-75-27-28-76-30-64-96(108-98(76)97(75)107-95)74-25-21-72(22-26-74)66-114-68-92(110-112-114)70-116-94-61-57-90(58-62-94)106(86-49-37-80(38-50-86)102(10,11)12,87-51-39-81(40-52-87)103(13,14)15)88-53-41-82(42-54-88)104(16,17)18/h19-64,67-68H,65-66,69-70H2,1-18H3. The molecule has 0 aliphatic rings. The highest BCUT2D eigenvalue weighted by Gasteiger charge is 2.42. The third-order valence-electron chi connectivity index (χ3n) is 23.3. The van der Waals surface area contributed by atoms with Crippen molar-refractivity contribution in [1.82, 2.24) is 40.0 Å². The van der Waals surface area contributed by atoms with E-state index in [1.165, 1.54) is 66.8 Å². The number of pyridine rings is 2. The molecule has 0 radical (unpaired) electrons. The Morgan fingerprint density at radius 1 is 0.241 bits per heavy atom. The van der Waals surface area contributed by atoms with Gasteiger partial charge in [0.05, 0.1) is 58.7 Å². The number of hydrogen-bond donors (Lipinski definition) is 0. The number of hydrogen-bond acceptors (Lipinski definition) is 8. The number of rotatable bonds is 20. The van der Waals surface area contributed by atoms with Crippen LogP contribution >= 0.6 is 0 Å². The van der Waals surface area contributed by atoms with E-state index in [1.807, 2.05) is 21.8 Å². The molecule has 0 aliphatic heterocycles. The van der Waals surface area contributed by atoms with Crippen molar-refractivity contribution in [2.24, 2.45) is 0 Å². The molecule has 10 heteroatoms. The van der Waals surface area contributed by atoms with Crippen molar-refractivity contribution >= 4 is 21.8 Å². The van der Waals surface area contributed by atoms with Gasteiger partial charge < -0.3 is 9.47 Å². The Balaban J connectivity index is 0.599. The SMILES string of the molecule is CC(C)(C)c1ccc(C(c2ccc(OCc3cn(Cc4ccc(-c5ccc6ccc7ccc(-c8ccc(Cn9cc(COc%10ccc(C(c%11ccc(C(C)(C)C)cc%11)(c%11ccc(C(C)(C)C)cc%11)c%11ccc(C(C)(C)C)cc%11)cc%10)nn9)cc8)nc7c6n5)cc4)nn3)cc2)(c2ccc(C(C)(C)C)cc2)c2ccc(C(C)(C)C)cc2)cc1. The van der Waals surface area contributed by atoms with Crippen LogP contribution in [-0.4, -0.2) is 40.0 Å². The average Bonchev–Trinajstić information content (AvgIpc) is 0.764. The molecule has 0 saturated heterocycles. The van der Waals surface area contributed by atoms with Gasteiger partial charge in [-0.2, -0.15) is 0 Å². The summed E-state index contributed by atoms with van der Waals surface area (Å²) < 4.78 is 16.7. The molecule has 4 aromatic heterocycles. The summed E-state index contributed by atoms with van der Waals surface area (Å²) in [6, 6.07) is 103. The van der Waals surface area contributed by atoms with Crippen molar-refractivity contribution in [2.75, 3.05) is 0 Å². The Morgan fingerprint density at radius 3 is 0.690 bits per heavy atom. The molecular weight excluding hydrogens is 1420 g/mol. The highest BCUT2D eigenvalue weighted by molar-refractivity contribution is 6.04. The topological polar surface area (TPSA) is 106 Å². The summed E-state index contributed by atoms with van der Waals surface area (Å²) >= 11 is 0. The van der Waals surface area contributed by atoms with Crippen LogP contribution in [0.4, 0.5) is 0 Å². The molecule has 0 spiro atoms. The van der Waals surface area contributed by atoms with E-state index in [-0.39, 0.29) is 45.7 Å². The fraction of sp³-hybridized carbons (Fsp3) is 0.283. The lowest BCUT2D eigenvalue weighted by atomic mass is 9.64. The molecule has 15 rings (SSSR count). The van der Waals surface area contributed by atoms with E-state index in [2.05, 4.69) is 424 Å². The lowest BCUT2D eigenvalue weighted by molar-refractivity contribution is 0.301. The van der Waals surface area contributed by atoms with Crippen molar-refractivity contribution in [3.8, 4) is 34.0 Å². The van der Waals surface area contributed by atoms with Crippen LogP contribution in [0.15, 0.2) is 291 Å². The molecule has 0 N–H and O–H groups in total. The molecule has 11 aromatic carbocycles. The molecule has 0 unspecified atom stereocenters. The quantitative estimate of drug-likeness (QED) is 0.0549. The van der Waals surface area contributed by atoms with Crippen LogP contribution in [0.1, 0.15) is 225 Å². The van der Waals surface area contributed by atoms with Gasteiger partial charge in [-0.05, 0) is 158 Å². The number of aromatic nitrogens is 8. The Bertz CT molecular complexity index is 5270. The van der Waals surface area contributed by atoms with Gasteiger partial charge in [0.25, 0.3) is 0 Å². The minimum atomic E-state index is -0.627. The van der Waals surface area contributed by atoms with Gasteiger partial charge in [0.2, 0.25) is 0 Å². The van der Waals surface area contributed by atoms with Gasteiger partial charge in [0.15, 0.2) is 0 Å². The third-order valence-corrected chi connectivity index (χ3v) is 23.3. The molecule has 116 heavy (non-hydrogen) atoms. The first-order valence-electron chi connectivity index (χ1n) is 41.0. The maximum absolute atomic E-state index is 6.50. The van der Waals surface area contributed by atoms with Gasteiger partial charge >= 0.3 is 0 Å². The van der Waals surface area contributed by atoms with Gasteiger partial charge in [-0.1, -0.05) is 378 Å². The summed E-state index contributed by atoms with van der Waals surface area (Å²) in [5.74, 6) is 1.51. The molecule has 15 aromatic rings. The van der Waals surface area contributed by atoms with E-state index in [0.717, 1.165) is 89.5 Å². The lowest BCUT2D eigenvalue weighted by Crippen LogP contribution is -2.31. The van der Waals surface area contributed by atoms with Crippen LogP contribution in [0.2, 0.25) is 0 Å². The van der Waals surface area contributed by atoms with Crippen LogP contribution in [0.3, 0.4) is 0 Å². The van der Waals surface area contributed by atoms with Crippen LogP contribution in [0.25, 0.3) is 44.3 Å². The highest BCUT2D eigenvalue weighted by Crippen LogP contribution is 2.50. The number of benzene rings is 11. The molecule has 0 bridgehead atoms. The van der Waals surface area contributed by atoms with E-state index in [0.29, 0.717) is 13.1 Å². The van der Waals surface area contributed by atoms with E-state index >= 15 is 0 Å². The first-order chi connectivity index (χ1) is 55.2. The molecule has 10 nitrogen and oxygen atoms in total. The summed E-state index contributed by atoms with van der Waals surface area (Å²) in [6.07, 6.45) is 3.93. The largest absolute Gasteiger partial charge is 0.487 e. The molecule has 0 fully saturated rings. The summed E-state index contributed by atoms with van der Waals surface area (Å²) in [6.45, 7) is 42.6. The second-order valence-corrected chi connectivity index (χ2v) is 37.9. The zero-order valence-corrected chi connectivity index (χ0v) is 70.9. The smallest absolute Gasteiger partial charge is 0.134 e. The van der Waals surface area contributed by atoms with E-state index < -0.39 is 10.8 Å². The van der Waals surface area contributed by atoms with Crippen LogP contribution in [-0.2, 0) is 69.6 Å². The van der Waals surface area contributed by atoms with Gasteiger partial charge in [-0.15, -0.1) is 10.2 Å². The van der Waals surface area contributed by atoms with Gasteiger partial charge in [-0.25, -0.2) is 19.3 Å². The van der Waals surface area contributed by atoms with Crippen LogP contribution < -0.4 is 9.47 Å². The Kier molecular flexibility index (Phi) is 21.2. The third kappa shape index (κ3) is 16.6. The van der Waals surface area contributed by atoms with Crippen molar-refractivity contribution in [2.45, 2.75) is 194 Å². The number of fused-ring (bicyclic) bond motifs is 3. The fourth-order valence-electron chi connectivity index (χ4n) is 16.2. The molecule has 0 aliphatic carbocycles. The zero-order chi connectivity index (χ0) is 81.7. The normalized spacial score (nSPS) is 12.7. The predicted octanol–water partition coefficient (Wildman–Crippen LogP) is 25.1. The summed E-state index contributed by atoms with van der Waals surface area (Å²) in [7, 11) is 0. The predicted molar refractivity (Wildman–Crippen MR) is 477 cm³/mol. The number of ether oxygens (including phenoxy) is 2. The van der Waals surface area contributed by atoms with Crippen molar-refractivity contribution in [3.05, 3.63) is 392 Å². The Labute approximate surface area is 687 Å². The Morgan fingerprint density at radius 2 is 0.457 bits per heavy atom. The first-order valence-corrected chi connectivity index (χ1v) is 41.0. The van der Waals surface area contributed by atoms with Crippen LogP contribution in [0, 0.1) is 0 Å². The summed E-state index contributed by atoms with van der Waals surface area (Å²) in [4.78, 5) is 10.6. The van der Waals surface area contributed by atoms with Crippen molar-refractivity contribution < 1.29 is 9.47 Å². The van der Waals surface area contributed by atoms with Crippen LogP contribution in [0.5, 0.6) is 11.5 Å². The second kappa shape index (κ2) is 31.0. The minimum absolute atomic E-state index is 0.0104. The van der Waals surface area contributed by atoms with Gasteiger partial charge in [0, 0.05) is 21.9 Å². The van der Waals surface area contributed by atoms with Gasteiger partial charge in [-0.3, -0.25) is 0 Å². The van der Waals surface area contributed by atoms with Gasteiger partial charge in [0.1, 0.15) is 36.1 Å². The highest BCUT2D eigenvalue weighted by atomic mass is 16.5. The second-order valence-electron chi connectivity index (χ2n) is 37.9. The molecule has 0 atom stereocenters. The number of nitrogens with zero attached hydrogens (tertiary/aromatic N) is 8. The monoisotopic (exact) mass is 1530 g/mol. The van der Waals surface area contributed by atoms with Crippen molar-refractivity contribution in [1.29, 1.82) is 0 Å². The average molecular weight is 1530 g/mol. The lowest BCUT2D eigenvalue weighted by Gasteiger charge is -2.38. The summed E-state index contributed by atoms with van der Waals surface area (Å²) in [5.41, 5.74) is 25.3. The minimum Gasteiger partial charge on any atom is -0.487 e. The fourth-order valence-corrected chi connectivity index (χ4v) is 16.2. The molecule has 0 saturated carbocycles.